The van der Waals surface area contributed by atoms with Crippen molar-refractivity contribution in [2.45, 2.75) is 6.54 Å². The maximum absolute atomic E-state index is 12.5. The van der Waals surface area contributed by atoms with Crippen molar-refractivity contribution in [1.29, 1.82) is 0 Å². The summed E-state index contributed by atoms with van der Waals surface area (Å²) in [5.41, 5.74) is 2.36. The fraction of sp³-hybridized carbons (Fsp3) is 0.222. The van der Waals surface area contributed by atoms with Gasteiger partial charge in [-0.05, 0) is 24.3 Å². The molecule has 0 bridgehead atoms. The molecule has 1 N–H and O–H groups in total. The number of hydrogen-bond donors (Lipinski definition) is 1. The van der Waals surface area contributed by atoms with E-state index < -0.39 is 0 Å². The van der Waals surface area contributed by atoms with Crippen LogP contribution in [-0.4, -0.2) is 29.7 Å². The van der Waals surface area contributed by atoms with Gasteiger partial charge in [-0.25, -0.2) is 4.98 Å². The van der Waals surface area contributed by atoms with E-state index in [4.69, 9.17) is 9.47 Å². The van der Waals surface area contributed by atoms with Crippen LogP contribution in [0.3, 0.4) is 0 Å². The van der Waals surface area contributed by atoms with Gasteiger partial charge >= 0.3 is 0 Å². The third-order valence-electron chi connectivity index (χ3n) is 3.93. The number of rotatable bonds is 5. The lowest BCUT2D eigenvalue weighted by Crippen LogP contribution is -2.25. The summed E-state index contributed by atoms with van der Waals surface area (Å²) in [6.45, 7) is 0.324. The van der Waals surface area contributed by atoms with Crippen LogP contribution >= 0.6 is 0 Å². The smallest absolute Gasteiger partial charge is 0.255 e. The minimum atomic E-state index is -0.238. The Morgan fingerprint density at radius 2 is 1.92 bits per heavy atom. The largest absolute Gasteiger partial charge is 0.493 e. The Morgan fingerprint density at radius 3 is 2.62 bits per heavy atom. The summed E-state index contributed by atoms with van der Waals surface area (Å²) >= 11 is 0. The molecular weight excluding hydrogens is 306 g/mol. The first-order valence-electron chi connectivity index (χ1n) is 7.55. The monoisotopic (exact) mass is 325 g/mol. The first-order valence-corrected chi connectivity index (χ1v) is 7.55. The van der Waals surface area contributed by atoms with Gasteiger partial charge in [0.25, 0.3) is 5.91 Å². The SMILES string of the molecule is COc1cccc(C(=O)NCc2nc3ccccc3n2C)c1OC. The molecule has 0 saturated heterocycles. The van der Waals surface area contributed by atoms with Crippen LogP contribution in [0.4, 0.5) is 0 Å². The van der Waals surface area contributed by atoms with Crippen LogP contribution in [-0.2, 0) is 13.6 Å². The van der Waals surface area contributed by atoms with Gasteiger partial charge in [-0.2, -0.15) is 0 Å². The molecule has 0 unspecified atom stereocenters. The first-order chi connectivity index (χ1) is 11.7. The zero-order valence-corrected chi connectivity index (χ0v) is 13.9. The second-order valence-electron chi connectivity index (χ2n) is 5.30. The number of methoxy groups -OCH3 is 2. The Morgan fingerprint density at radius 1 is 1.12 bits per heavy atom. The molecule has 3 rings (SSSR count). The van der Waals surface area contributed by atoms with E-state index in [0.717, 1.165) is 16.9 Å². The number of carbonyl (C=O) groups is 1. The molecule has 0 aliphatic carbocycles. The molecule has 124 valence electrons. The van der Waals surface area contributed by atoms with Crippen LogP contribution in [0.5, 0.6) is 11.5 Å². The number of nitrogens with one attached hydrogen (secondary N) is 1. The number of ether oxygens (including phenoxy) is 2. The Labute approximate surface area is 140 Å². The van der Waals surface area contributed by atoms with Gasteiger partial charge in [-0.1, -0.05) is 18.2 Å². The standard InChI is InChI=1S/C18H19N3O3/c1-21-14-9-5-4-8-13(14)20-16(21)11-19-18(22)12-7-6-10-15(23-2)17(12)24-3/h4-10H,11H2,1-3H3,(H,19,22). The molecule has 6 heteroatoms. The van der Waals surface area contributed by atoms with E-state index in [0.29, 0.717) is 23.6 Å². The van der Waals surface area contributed by atoms with E-state index in [-0.39, 0.29) is 5.91 Å². The highest BCUT2D eigenvalue weighted by atomic mass is 16.5. The van der Waals surface area contributed by atoms with E-state index in [1.165, 1.54) is 7.11 Å². The van der Waals surface area contributed by atoms with Gasteiger partial charge in [0.05, 0.1) is 37.4 Å². The number of amides is 1. The third-order valence-corrected chi connectivity index (χ3v) is 3.93. The Balaban J connectivity index is 1.81. The number of imidazole rings is 1. The molecular formula is C18H19N3O3. The van der Waals surface area contributed by atoms with Crippen molar-refractivity contribution in [2.24, 2.45) is 7.05 Å². The zero-order valence-electron chi connectivity index (χ0n) is 13.9. The molecule has 24 heavy (non-hydrogen) atoms. The minimum Gasteiger partial charge on any atom is -0.493 e. The average molecular weight is 325 g/mol. The highest BCUT2D eigenvalue weighted by molar-refractivity contribution is 5.97. The summed E-state index contributed by atoms with van der Waals surface area (Å²) in [7, 11) is 4.99. The van der Waals surface area contributed by atoms with Crippen LogP contribution in [0.1, 0.15) is 16.2 Å². The van der Waals surface area contributed by atoms with Crippen molar-refractivity contribution in [3.63, 3.8) is 0 Å². The number of para-hydroxylation sites is 3. The Bertz CT molecular complexity index is 886. The zero-order chi connectivity index (χ0) is 17.1. The van der Waals surface area contributed by atoms with E-state index in [1.807, 2.05) is 35.9 Å². The number of hydrogen-bond acceptors (Lipinski definition) is 4. The van der Waals surface area contributed by atoms with Gasteiger partial charge in [-0.3, -0.25) is 4.79 Å². The highest BCUT2D eigenvalue weighted by Crippen LogP contribution is 2.30. The van der Waals surface area contributed by atoms with Crippen LogP contribution in [0.15, 0.2) is 42.5 Å². The summed E-state index contributed by atoms with van der Waals surface area (Å²) in [5, 5.41) is 2.89. The minimum absolute atomic E-state index is 0.238. The molecule has 0 aliphatic heterocycles. The lowest BCUT2D eigenvalue weighted by molar-refractivity contribution is 0.0946. The van der Waals surface area contributed by atoms with Crippen molar-refractivity contribution in [2.75, 3.05) is 14.2 Å². The van der Waals surface area contributed by atoms with Crippen molar-refractivity contribution in [3.05, 3.63) is 53.9 Å². The average Bonchev–Trinajstić information content (AvgIpc) is 2.95. The fourth-order valence-electron chi connectivity index (χ4n) is 2.67. The predicted octanol–water partition coefficient (Wildman–Crippen LogP) is 2.52. The number of fused-ring (bicyclic) bond motifs is 1. The van der Waals surface area contributed by atoms with Gasteiger partial charge in [-0.15, -0.1) is 0 Å². The van der Waals surface area contributed by atoms with Gasteiger partial charge in [0.1, 0.15) is 5.82 Å². The molecule has 0 atom stereocenters. The molecule has 0 saturated carbocycles. The maximum atomic E-state index is 12.5. The number of aryl methyl sites for hydroxylation is 1. The summed E-state index contributed by atoms with van der Waals surface area (Å²) < 4.78 is 12.5. The van der Waals surface area contributed by atoms with Gasteiger partial charge in [0.15, 0.2) is 11.5 Å². The molecule has 6 nitrogen and oxygen atoms in total. The topological polar surface area (TPSA) is 65.4 Å². The molecule has 0 aliphatic rings. The van der Waals surface area contributed by atoms with Crippen molar-refractivity contribution < 1.29 is 14.3 Å². The Hall–Kier alpha value is -3.02. The number of aromatic nitrogens is 2. The van der Waals surface area contributed by atoms with E-state index in [1.54, 1.807) is 25.3 Å². The van der Waals surface area contributed by atoms with Crippen LogP contribution in [0, 0.1) is 0 Å². The number of nitrogens with zero attached hydrogens (tertiary/aromatic N) is 2. The van der Waals surface area contributed by atoms with Crippen molar-refractivity contribution in [3.8, 4) is 11.5 Å². The molecule has 0 radical (unpaired) electrons. The van der Waals surface area contributed by atoms with Gasteiger partial charge < -0.3 is 19.4 Å². The summed E-state index contributed by atoms with van der Waals surface area (Å²) in [5.74, 6) is 1.49. The Kier molecular flexibility index (Phi) is 4.37. The quantitative estimate of drug-likeness (QED) is 0.783. The van der Waals surface area contributed by atoms with E-state index in [2.05, 4.69) is 10.3 Å². The normalized spacial score (nSPS) is 10.6. The molecule has 0 fully saturated rings. The maximum Gasteiger partial charge on any atom is 0.255 e. The second kappa shape index (κ2) is 6.62. The summed E-state index contributed by atoms with van der Waals surface area (Å²) in [6.07, 6.45) is 0. The molecule has 0 spiro atoms. The predicted molar refractivity (Wildman–Crippen MR) is 91.4 cm³/mol. The second-order valence-corrected chi connectivity index (χ2v) is 5.30. The molecule has 1 aromatic heterocycles. The first kappa shape index (κ1) is 15.9. The van der Waals surface area contributed by atoms with E-state index in [9.17, 15) is 4.79 Å². The van der Waals surface area contributed by atoms with Crippen molar-refractivity contribution in [1.82, 2.24) is 14.9 Å². The summed E-state index contributed by atoms with van der Waals surface area (Å²) in [4.78, 5) is 17.1. The molecule has 1 heterocycles. The van der Waals surface area contributed by atoms with Gasteiger partial charge in [0, 0.05) is 7.05 Å². The third kappa shape index (κ3) is 2.78. The van der Waals surface area contributed by atoms with Gasteiger partial charge in [0.2, 0.25) is 0 Å². The lowest BCUT2D eigenvalue weighted by atomic mass is 10.1. The van der Waals surface area contributed by atoms with E-state index >= 15 is 0 Å². The lowest BCUT2D eigenvalue weighted by Gasteiger charge is -2.12. The molecule has 1 amide bonds. The van der Waals surface area contributed by atoms with Crippen LogP contribution < -0.4 is 14.8 Å². The number of benzene rings is 2. The fourth-order valence-corrected chi connectivity index (χ4v) is 2.67. The summed E-state index contributed by atoms with van der Waals surface area (Å²) in [6, 6.07) is 13.1. The highest BCUT2D eigenvalue weighted by Gasteiger charge is 2.17. The van der Waals surface area contributed by atoms with Crippen LogP contribution in [0.2, 0.25) is 0 Å². The van der Waals surface area contributed by atoms with Crippen molar-refractivity contribution >= 4 is 16.9 Å². The molecule has 3 aromatic rings. The number of carbonyl (C=O) groups excluding carboxylic acids is 1. The van der Waals surface area contributed by atoms with Crippen LogP contribution in [0.25, 0.3) is 11.0 Å². The molecule has 2 aromatic carbocycles.